The number of piperidine rings is 1. The number of nitrogens with zero attached hydrogens (tertiary/aromatic N) is 1. The molecule has 4 heteroatoms. The highest BCUT2D eigenvalue weighted by Crippen LogP contribution is 2.30. The van der Waals surface area contributed by atoms with E-state index in [0.717, 1.165) is 45.2 Å². The van der Waals surface area contributed by atoms with Crippen LogP contribution in [0, 0.1) is 12.8 Å². The van der Waals surface area contributed by atoms with E-state index in [0.29, 0.717) is 18.2 Å². The molecule has 25 heavy (non-hydrogen) atoms. The van der Waals surface area contributed by atoms with Crippen LogP contribution in [0.3, 0.4) is 0 Å². The number of benzene rings is 1. The molecule has 1 saturated carbocycles. The molecule has 1 aliphatic carbocycles. The molecule has 4 nitrogen and oxygen atoms in total. The van der Waals surface area contributed by atoms with Gasteiger partial charge < -0.3 is 19.7 Å². The van der Waals surface area contributed by atoms with Gasteiger partial charge >= 0.3 is 0 Å². The molecule has 138 valence electrons. The van der Waals surface area contributed by atoms with Crippen molar-refractivity contribution >= 4 is 5.69 Å². The Kier molecular flexibility index (Phi) is 5.59. The van der Waals surface area contributed by atoms with Crippen LogP contribution in [0.4, 0.5) is 5.69 Å². The van der Waals surface area contributed by atoms with Crippen molar-refractivity contribution in [2.75, 3.05) is 37.8 Å². The summed E-state index contributed by atoms with van der Waals surface area (Å²) in [5.74, 6) is 0.834. The topological polar surface area (TPSA) is 33.7 Å². The molecule has 2 aliphatic heterocycles. The summed E-state index contributed by atoms with van der Waals surface area (Å²) in [7, 11) is 0. The predicted octanol–water partition coefficient (Wildman–Crippen LogP) is 3.14. The molecule has 0 radical (unpaired) electrons. The summed E-state index contributed by atoms with van der Waals surface area (Å²) in [5.41, 5.74) is 2.77. The van der Waals surface area contributed by atoms with E-state index in [-0.39, 0.29) is 0 Å². The van der Waals surface area contributed by atoms with Crippen LogP contribution in [0.2, 0.25) is 0 Å². The molecule has 0 aromatic heterocycles. The molecule has 2 atom stereocenters. The molecule has 3 fully saturated rings. The number of anilines is 1. The molecular formula is C21H32N2O2. The lowest BCUT2D eigenvalue weighted by atomic mass is 9.99. The Labute approximate surface area is 151 Å². The Morgan fingerprint density at radius 2 is 1.92 bits per heavy atom. The second kappa shape index (κ2) is 8.07. The second-order valence-corrected chi connectivity index (χ2v) is 8.00. The van der Waals surface area contributed by atoms with Crippen molar-refractivity contribution < 1.29 is 9.47 Å². The molecule has 1 N–H and O–H groups in total. The SMILES string of the molecule is Cc1ccccc1N1CCC(N[C@@H]2COCC[C@@H]2OCC2CC2)CC1. The number of hydrogen-bond donors (Lipinski definition) is 1. The Balaban J connectivity index is 1.27. The molecule has 0 unspecified atom stereocenters. The molecule has 0 bridgehead atoms. The fourth-order valence-corrected chi connectivity index (χ4v) is 4.13. The largest absolute Gasteiger partial charge is 0.380 e. The zero-order valence-electron chi connectivity index (χ0n) is 15.5. The molecule has 4 rings (SSSR count). The lowest BCUT2D eigenvalue weighted by Crippen LogP contribution is -2.54. The Morgan fingerprint density at radius 1 is 1.12 bits per heavy atom. The van der Waals surface area contributed by atoms with Gasteiger partial charge in [0.25, 0.3) is 0 Å². The van der Waals surface area contributed by atoms with Gasteiger partial charge in [0.15, 0.2) is 0 Å². The Bertz CT molecular complexity index is 553. The lowest BCUT2D eigenvalue weighted by Gasteiger charge is -2.39. The van der Waals surface area contributed by atoms with Gasteiger partial charge in [-0.1, -0.05) is 18.2 Å². The normalized spacial score (nSPS) is 28.3. The summed E-state index contributed by atoms with van der Waals surface area (Å²) in [6.45, 7) is 7.06. The van der Waals surface area contributed by atoms with Crippen LogP contribution in [-0.2, 0) is 9.47 Å². The standard InChI is InChI=1S/C21H32N2O2/c1-16-4-2-3-5-20(16)23-11-8-18(9-12-23)22-19-15-24-13-10-21(19)25-14-17-6-7-17/h2-5,17-19,21-22H,6-15H2,1H3/t19-,21+/m1/s1. The molecule has 3 aliphatic rings. The number of hydrogen-bond acceptors (Lipinski definition) is 4. The van der Waals surface area contributed by atoms with Gasteiger partial charge in [-0.25, -0.2) is 0 Å². The zero-order valence-corrected chi connectivity index (χ0v) is 15.5. The van der Waals surface area contributed by atoms with Crippen LogP contribution in [-0.4, -0.2) is 51.1 Å². The molecule has 1 aromatic carbocycles. The quantitative estimate of drug-likeness (QED) is 0.860. The van der Waals surface area contributed by atoms with Gasteiger partial charge in [-0.05, 0) is 56.6 Å². The third-order valence-corrected chi connectivity index (χ3v) is 5.94. The van der Waals surface area contributed by atoms with Crippen LogP contribution in [0.5, 0.6) is 0 Å². The van der Waals surface area contributed by atoms with E-state index in [4.69, 9.17) is 9.47 Å². The van der Waals surface area contributed by atoms with E-state index in [1.165, 1.54) is 36.9 Å². The first-order valence-electron chi connectivity index (χ1n) is 10.1. The maximum atomic E-state index is 6.21. The van der Waals surface area contributed by atoms with Gasteiger partial charge in [0, 0.05) is 38.0 Å². The van der Waals surface area contributed by atoms with Crippen molar-refractivity contribution in [2.24, 2.45) is 5.92 Å². The third-order valence-electron chi connectivity index (χ3n) is 5.94. The van der Waals surface area contributed by atoms with Gasteiger partial charge in [-0.2, -0.15) is 0 Å². The highest BCUT2D eigenvalue weighted by atomic mass is 16.5. The van der Waals surface area contributed by atoms with Crippen LogP contribution in [0.15, 0.2) is 24.3 Å². The van der Waals surface area contributed by atoms with Crippen LogP contribution >= 0.6 is 0 Å². The second-order valence-electron chi connectivity index (χ2n) is 8.00. The van der Waals surface area contributed by atoms with Crippen molar-refractivity contribution in [1.29, 1.82) is 0 Å². The first kappa shape index (κ1) is 17.3. The fraction of sp³-hybridized carbons (Fsp3) is 0.714. The number of aryl methyl sites for hydroxylation is 1. The van der Waals surface area contributed by atoms with Gasteiger partial charge in [-0.15, -0.1) is 0 Å². The number of rotatable bonds is 6. The monoisotopic (exact) mass is 344 g/mol. The van der Waals surface area contributed by atoms with Crippen molar-refractivity contribution in [3.63, 3.8) is 0 Å². The number of para-hydroxylation sites is 1. The minimum atomic E-state index is 0.337. The molecule has 0 spiro atoms. The van der Waals surface area contributed by atoms with E-state index < -0.39 is 0 Å². The van der Waals surface area contributed by atoms with Gasteiger partial charge in [-0.3, -0.25) is 0 Å². The molecule has 2 saturated heterocycles. The summed E-state index contributed by atoms with van der Waals surface area (Å²) in [5, 5.41) is 3.86. The maximum Gasteiger partial charge on any atom is 0.0772 e. The smallest absolute Gasteiger partial charge is 0.0772 e. The highest BCUT2D eigenvalue weighted by molar-refractivity contribution is 5.53. The predicted molar refractivity (Wildman–Crippen MR) is 101 cm³/mol. The van der Waals surface area contributed by atoms with E-state index in [9.17, 15) is 0 Å². The summed E-state index contributed by atoms with van der Waals surface area (Å²) >= 11 is 0. The molecule has 2 heterocycles. The average Bonchev–Trinajstić information content (AvgIpc) is 3.47. The average molecular weight is 344 g/mol. The van der Waals surface area contributed by atoms with E-state index in [2.05, 4.69) is 41.4 Å². The highest BCUT2D eigenvalue weighted by Gasteiger charge is 2.32. The maximum absolute atomic E-state index is 6.21. The fourth-order valence-electron chi connectivity index (χ4n) is 4.13. The van der Waals surface area contributed by atoms with Crippen LogP contribution in [0.25, 0.3) is 0 Å². The molecular weight excluding hydrogens is 312 g/mol. The minimum Gasteiger partial charge on any atom is -0.380 e. The van der Waals surface area contributed by atoms with Crippen molar-refractivity contribution in [2.45, 2.75) is 57.2 Å². The van der Waals surface area contributed by atoms with Crippen LogP contribution in [0.1, 0.15) is 37.7 Å². The van der Waals surface area contributed by atoms with Crippen molar-refractivity contribution in [3.05, 3.63) is 29.8 Å². The number of nitrogens with one attached hydrogen (secondary N) is 1. The summed E-state index contributed by atoms with van der Waals surface area (Å²) in [4.78, 5) is 2.53. The van der Waals surface area contributed by atoms with Gasteiger partial charge in [0.05, 0.1) is 18.8 Å². The van der Waals surface area contributed by atoms with E-state index in [1.54, 1.807) is 0 Å². The van der Waals surface area contributed by atoms with Crippen molar-refractivity contribution in [3.8, 4) is 0 Å². The molecule has 1 aromatic rings. The van der Waals surface area contributed by atoms with Crippen molar-refractivity contribution in [1.82, 2.24) is 5.32 Å². The van der Waals surface area contributed by atoms with E-state index in [1.807, 2.05) is 0 Å². The van der Waals surface area contributed by atoms with Gasteiger partial charge in [0.2, 0.25) is 0 Å². The van der Waals surface area contributed by atoms with E-state index >= 15 is 0 Å². The first-order valence-corrected chi connectivity index (χ1v) is 10.1. The molecule has 0 amide bonds. The summed E-state index contributed by atoms with van der Waals surface area (Å²) in [6, 6.07) is 9.67. The summed E-state index contributed by atoms with van der Waals surface area (Å²) < 4.78 is 11.9. The summed E-state index contributed by atoms with van der Waals surface area (Å²) in [6.07, 6.45) is 6.48. The van der Waals surface area contributed by atoms with Gasteiger partial charge in [0.1, 0.15) is 0 Å². The Morgan fingerprint density at radius 3 is 2.68 bits per heavy atom. The number of ether oxygens (including phenoxy) is 2. The third kappa shape index (κ3) is 4.55. The van der Waals surface area contributed by atoms with Crippen LogP contribution < -0.4 is 10.2 Å². The Hall–Kier alpha value is -1.10. The minimum absolute atomic E-state index is 0.337. The zero-order chi connectivity index (χ0) is 17.1. The first-order chi connectivity index (χ1) is 12.3. The lowest BCUT2D eigenvalue weighted by molar-refractivity contribution is -0.0620.